The quantitative estimate of drug-likeness (QED) is 0.341. The van der Waals surface area contributed by atoms with E-state index in [4.69, 9.17) is 14.2 Å². The fourth-order valence-corrected chi connectivity index (χ4v) is 6.45. The lowest BCUT2D eigenvalue weighted by atomic mass is 9.82. The van der Waals surface area contributed by atoms with Crippen molar-refractivity contribution in [1.82, 2.24) is 0 Å². The highest BCUT2D eigenvalue weighted by atomic mass is 16.5. The van der Waals surface area contributed by atoms with Crippen LogP contribution in [0.15, 0.2) is 30.3 Å². The second-order valence-electron chi connectivity index (χ2n) is 12.4. The molecular weight excluding hydrogens is 530 g/mol. The molecule has 0 aliphatic carbocycles. The lowest BCUT2D eigenvalue weighted by Crippen LogP contribution is -2.30. The molecule has 0 spiro atoms. The minimum absolute atomic E-state index is 0.0925. The Balaban J connectivity index is 1.75. The van der Waals surface area contributed by atoms with Crippen molar-refractivity contribution < 1.29 is 28.9 Å². The largest absolute Gasteiger partial charge is 0.496 e. The van der Waals surface area contributed by atoms with Gasteiger partial charge in [-0.05, 0) is 143 Å². The zero-order chi connectivity index (χ0) is 30.5. The molecule has 2 heterocycles. The van der Waals surface area contributed by atoms with E-state index in [9.17, 15) is 14.7 Å². The van der Waals surface area contributed by atoms with Gasteiger partial charge in [0.2, 0.25) is 0 Å². The number of methoxy groups -OCH3 is 1. The Morgan fingerprint density at radius 3 is 2.36 bits per heavy atom. The van der Waals surface area contributed by atoms with E-state index in [2.05, 4.69) is 13.0 Å². The van der Waals surface area contributed by atoms with Gasteiger partial charge in [0.25, 0.3) is 5.91 Å². The smallest absolute Gasteiger partial charge is 0.337 e. The Hall–Kier alpha value is -3.84. The number of anilines is 1. The van der Waals surface area contributed by atoms with Crippen LogP contribution in [-0.2, 0) is 22.4 Å². The van der Waals surface area contributed by atoms with E-state index in [0.29, 0.717) is 30.7 Å². The van der Waals surface area contributed by atoms with Crippen molar-refractivity contribution in [2.75, 3.05) is 25.2 Å². The van der Waals surface area contributed by atoms with E-state index < -0.39 is 17.7 Å². The van der Waals surface area contributed by atoms with Crippen LogP contribution in [0.5, 0.6) is 11.5 Å². The molecular formula is C35H41NO6. The first-order chi connectivity index (χ1) is 19.8. The van der Waals surface area contributed by atoms with Crippen LogP contribution in [0.4, 0.5) is 5.69 Å². The number of aliphatic carboxylic acids is 1. The summed E-state index contributed by atoms with van der Waals surface area (Å²) in [5.74, 6) is 0.535. The van der Waals surface area contributed by atoms with Gasteiger partial charge in [0, 0.05) is 23.4 Å². The molecule has 3 aromatic rings. The highest BCUT2D eigenvalue weighted by Gasteiger charge is 2.37. The van der Waals surface area contributed by atoms with Gasteiger partial charge in [0.1, 0.15) is 11.5 Å². The number of aryl methyl sites for hydroxylation is 3. The highest BCUT2D eigenvalue weighted by molar-refractivity contribution is 6.08. The van der Waals surface area contributed by atoms with Crippen molar-refractivity contribution in [3.8, 4) is 22.6 Å². The Labute approximate surface area is 248 Å². The van der Waals surface area contributed by atoms with Crippen LogP contribution in [0.3, 0.4) is 0 Å². The molecule has 0 radical (unpaired) electrons. The molecule has 0 fully saturated rings. The van der Waals surface area contributed by atoms with E-state index >= 15 is 0 Å². The number of carboxylic acid groups (broad SMARTS) is 1. The summed E-state index contributed by atoms with van der Waals surface area (Å²) >= 11 is 0. The summed E-state index contributed by atoms with van der Waals surface area (Å²) < 4.78 is 17.7. The molecule has 0 saturated carbocycles. The van der Waals surface area contributed by atoms with Crippen LogP contribution >= 0.6 is 0 Å². The van der Waals surface area contributed by atoms with Gasteiger partial charge in [-0.1, -0.05) is 0 Å². The van der Waals surface area contributed by atoms with Crippen LogP contribution in [0, 0.1) is 27.7 Å². The number of benzene rings is 3. The highest BCUT2D eigenvalue weighted by Crippen LogP contribution is 2.48. The Morgan fingerprint density at radius 2 is 1.71 bits per heavy atom. The molecule has 2 aliphatic rings. The van der Waals surface area contributed by atoms with Gasteiger partial charge in [-0.15, -0.1) is 0 Å². The van der Waals surface area contributed by atoms with E-state index in [1.165, 1.54) is 5.56 Å². The first-order valence-corrected chi connectivity index (χ1v) is 14.6. The molecule has 0 aromatic heterocycles. The van der Waals surface area contributed by atoms with Crippen molar-refractivity contribution in [3.63, 3.8) is 0 Å². The zero-order valence-electron chi connectivity index (χ0n) is 25.9. The fourth-order valence-electron chi connectivity index (χ4n) is 6.45. The molecule has 1 atom stereocenters. The van der Waals surface area contributed by atoms with E-state index in [-0.39, 0.29) is 5.91 Å². The average molecular weight is 572 g/mol. The third kappa shape index (κ3) is 5.26. The predicted octanol–water partition coefficient (Wildman–Crippen LogP) is 7.06. The second-order valence-corrected chi connectivity index (χ2v) is 12.4. The third-order valence-electron chi connectivity index (χ3n) is 8.32. The number of hydrogen-bond donors (Lipinski definition) is 1. The maximum Gasteiger partial charge on any atom is 0.337 e. The molecule has 7 nitrogen and oxygen atoms in total. The lowest BCUT2D eigenvalue weighted by Gasteiger charge is -2.31. The molecule has 0 bridgehead atoms. The van der Waals surface area contributed by atoms with E-state index in [1.54, 1.807) is 13.2 Å². The molecule has 222 valence electrons. The van der Waals surface area contributed by atoms with Gasteiger partial charge in [-0.3, -0.25) is 4.79 Å². The maximum atomic E-state index is 13.9. The molecule has 0 unspecified atom stereocenters. The summed E-state index contributed by atoms with van der Waals surface area (Å²) in [5.41, 5.74) is 9.10. The first kappa shape index (κ1) is 29.6. The topological polar surface area (TPSA) is 85.3 Å². The maximum absolute atomic E-state index is 13.9. The molecule has 5 rings (SSSR count). The van der Waals surface area contributed by atoms with Gasteiger partial charge in [0.05, 0.1) is 19.3 Å². The number of fused-ring (bicyclic) bond motifs is 2. The number of nitrogens with zero attached hydrogens (tertiary/aromatic N) is 1. The van der Waals surface area contributed by atoms with Gasteiger partial charge >= 0.3 is 5.97 Å². The summed E-state index contributed by atoms with van der Waals surface area (Å²) in [6.07, 6.45) is 1.27. The number of ether oxygens (including phenoxy) is 3. The van der Waals surface area contributed by atoms with E-state index in [1.807, 2.05) is 64.6 Å². The molecule has 7 heteroatoms. The van der Waals surface area contributed by atoms with Gasteiger partial charge in [-0.25, -0.2) is 4.79 Å². The van der Waals surface area contributed by atoms with Crippen LogP contribution in [0.2, 0.25) is 0 Å². The predicted molar refractivity (Wildman–Crippen MR) is 164 cm³/mol. The number of amides is 1. The third-order valence-corrected chi connectivity index (χ3v) is 8.32. The molecule has 42 heavy (non-hydrogen) atoms. The number of carbonyl (C=O) groups excluding carboxylic acids is 1. The molecule has 1 amide bonds. The normalized spacial score (nSPS) is 15.1. The summed E-state index contributed by atoms with van der Waals surface area (Å²) in [6, 6.07) is 9.55. The van der Waals surface area contributed by atoms with Crippen molar-refractivity contribution in [2.45, 2.75) is 79.4 Å². The van der Waals surface area contributed by atoms with Crippen molar-refractivity contribution in [2.24, 2.45) is 0 Å². The SMILES string of the molecule is COc1ccc(C(=O)N2CCc3c2cc(C)c([C@H](OC(C)(C)C)C(=O)O)c3-c2cc(C)c3c(c2C)CCCO3)cc1C. The van der Waals surface area contributed by atoms with Gasteiger partial charge in [-0.2, -0.15) is 0 Å². The Bertz CT molecular complexity index is 1580. The minimum atomic E-state index is -1.17. The van der Waals surface area contributed by atoms with Crippen LogP contribution in [0.1, 0.15) is 82.6 Å². The minimum Gasteiger partial charge on any atom is -0.496 e. The average Bonchev–Trinajstić information content (AvgIpc) is 3.35. The van der Waals surface area contributed by atoms with Crippen molar-refractivity contribution in [3.05, 3.63) is 74.8 Å². The summed E-state index contributed by atoms with van der Waals surface area (Å²) in [7, 11) is 1.62. The Kier molecular flexibility index (Phi) is 7.84. The standard InChI is InChI=1S/C35H41NO6/c1-19-16-23(11-12-28(19)40-8)33(37)36-14-13-25-27(36)18-20(2)29(32(34(38)39)42-35(5,6)7)30(25)26-17-21(3)31-24(22(26)4)10-9-15-41-31/h11-12,16-18,32H,9-10,13-15H2,1-8H3,(H,38,39)/t32-/m0/s1. The van der Waals surface area contributed by atoms with Crippen LogP contribution < -0.4 is 14.4 Å². The molecule has 0 saturated heterocycles. The number of carbonyl (C=O) groups is 2. The molecule has 3 aromatic carbocycles. The number of carboxylic acids is 1. The Morgan fingerprint density at radius 1 is 0.976 bits per heavy atom. The lowest BCUT2D eigenvalue weighted by molar-refractivity contribution is -0.160. The van der Waals surface area contributed by atoms with Crippen LogP contribution in [0.25, 0.3) is 11.1 Å². The second kappa shape index (κ2) is 11.1. The summed E-state index contributed by atoms with van der Waals surface area (Å²) in [5, 5.41) is 10.5. The monoisotopic (exact) mass is 571 g/mol. The van der Waals surface area contributed by atoms with Crippen molar-refractivity contribution >= 4 is 17.6 Å². The van der Waals surface area contributed by atoms with Crippen molar-refractivity contribution in [1.29, 1.82) is 0 Å². The summed E-state index contributed by atoms with van der Waals surface area (Å²) in [6.45, 7) is 14.8. The zero-order valence-corrected chi connectivity index (χ0v) is 25.9. The molecule has 2 aliphatic heterocycles. The van der Waals surface area contributed by atoms with E-state index in [0.717, 1.165) is 69.0 Å². The number of hydrogen-bond acceptors (Lipinski definition) is 5. The van der Waals surface area contributed by atoms with Gasteiger partial charge < -0.3 is 24.2 Å². The summed E-state index contributed by atoms with van der Waals surface area (Å²) in [4.78, 5) is 28.5. The first-order valence-electron chi connectivity index (χ1n) is 14.6. The number of rotatable bonds is 6. The fraction of sp³-hybridized carbons (Fsp3) is 0.429. The molecule has 1 N–H and O–H groups in total. The van der Waals surface area contributed by atoms with Crippen LogP contribution in [-0.4, -0.2) is 42.8 Å². The van der Waals surface area contributed by atoms with Gasteiger partial charge in [0.15, 0.2) is 6.10 Å².